The zero-order chi connectivity index (χ0) is 12.7. The molecule has 92 valence electrons. The third kappa shape index (κ3) is 3.73. The third-order valence-corrected chi connectivity index (χ3v) is 2.47. The summed E-state index contributed by atoms with van der Waals surface area (Å²) in [6.07, 6.45) is 1.73. The summed E-state index contributed by atoms with van der Waals surface area (Å²) in [6.45, 7) is 1.64. The number of anilines is 2. The van der Waals surface area contributed by atoms with E-state index in [1.54, 1.807) is 7.11 Å². The van der Waals surface area contributed by atoms with Crippen LogP contribution < -0.4 is 10.6 Å². The second-order valence-electron chi connectivity index (χ2n) is 3.29. The summed E-state index contributed by atoms with van der Waals surface area (Å²) < 4.78 is 5.00. The fourth-order valence-electron chi connectivity index (χ4n) is 1.33. The molecule has 1 aromatic heterocycles. The van der Waals surface area contributed by atoms with Crippen LogP contribution in [0.2, 0.25) is 5.15 Å². The van der Waals surface area contributed by atoms with Gasteiger partial charge in [-0.1, -0.05) is 11.6 Å². The first kappa shape index (κ1) is 13.5. The zero-order valence-electron chi connectivity index (χ0n) is 9.56. The van der Waals surface area contributed by atoms with E-state index < -0.39 is 0 Å². The molecule has 1 aromatic rings. The molecule has 0 bridgehead atoms. The number of hydrogen-bond donors (Lipinski definition) is 1. The van der Waals surface area contributed by atoms with Crippen molar-refractivity contribution in [2.24, 2.45) is 0 Å². The Kier molecular flexibility index (Phi) is 5.46. The smallest absolute Gasteiger partial charge is 0.157 e. The molecule has 17 heavy (non-hydrogen) atoms. The fraction of sp³-hybridized carbons (Fsp3) is 0.500. The minimum Gasteiger partial charge on any atom is -0.393 e. The van der Waals surface area contributed by atoms with Crippen LogP contribution in [-0.4, -0.2) is 36.8 Å². The molecule has 1 rings (SSSR count). The SMILES string of the molecule is COCCN(CCC#N)c1ncnc(Cl)c1N. The molecule has 0 amide bonds. The molecule has 0 aliphatic heterocycles. The van der Waals surface area contributed by atoms with Crippen molar-refractivity contribution in [3.05, 3.63) is 11.5 Å². The van der Waals surface area contributed by atoms with Crippen molar-refractivity contribution in [2.45, 2.75) is 6.42 Å². The van der Waals surface area contributed by atoms with Crippen molar-refractivity contribution in [3.63, 3.8) is 0 Å². The number of aromatic nitrogens is 2. The van der Waals surface area contributed by atoms with Gasteiger partial charge in [-0.3, -0.25) is 0 Å². The molecule has 2 N–H and O–H groups in total. The average Bonchev–Trinajstić information content (AvgIpc) is 2.34. The normalized spacial score (nSPS) is 9.94. The summed E-state index contributed by atoms with van der Waals surface area (Å²) in [7, 11) is 1.61. The lowest BCUT2D eigenvalue weighted by atomic mass is 10.3. The Morgan fingerprint density at radius 2 is 2.29 bits per heavy atom. The second kappa shape index (κ2) is 6.89. The van der Waals surface area contributed by atoms with Crippen molar-refractivity contribution in [3.8, 4) is 6.07 Å². The van der Waals surface area contributed by atoms with Gasteiger partial charge in [-0.25, -0.2) is 9.97 Å². The molecule has 0 radical (unpaired) electrons. The highest BCUT2D eigenvalue weighted by molar-refractivity contribution is 6.32. The molecule has 0 aliphatic carbocycles. The Morgan fingerprint density at radius 3 is 2.94 bits per heavy atom. The first-order valence-electron chi connectivity index (χ1n) is 5.07. The van der Waals surface area contributed by atoms with E-state index in [0.29, 0.717) is 37.6 Å². The topological polar surface area (TPSA) is 88.1 Å². The van der Waals surface area contributed by atoms with Crippen molar-refractivity contribution in [1.29, 1.82) is 5.26 Å². The molecule has 0 saturated carbocycles. The van der Waals surface area contributed by atoms with Gasteiger partial charge in [-0.2, -0.15) is 5.26 Å². The minimum absolute atomic E-state index is 0.217. The largest absolute Gasteiger partial charge is 0.393 e. The number of nitriles is 1. The Morgan fingerprint density at radius 1 is 1.53 bits per heavy atom. The predicted molar refractivity (Wildman–Crippen MR) is 65.8 cm³/mol. The maximum Gasteiger partial charge on any atom is 0.157 e. The highest BCUT2D eigenvalue weighted by atomic mass is 35.5. The average molecular weight is 256 g/mol. The van der Waals surface area contributed by atoms with Gasteiger partial charge < -0.3 is 15.4 Å². The lowest BCUT2D eigenvalue weighted by Gasteiger charge is -2.23. The van der Waals surface area contributed by atoms with E-state index in [9.17, 15) is 0 Å². The molecule has 1 heterocycles. The quantitative estimate of drug-likeness (QED) is 0.765. The Balaban J connectivity index is 2.87. The van der Waals surface area contributed by atoms with Crippen LogP contribution in [0.15, 0.2) is 6.33 Å². The van der Waals surface area contributed by atoms with Crippen molar-refractivity contribution < 1.29 is 4.74 Å². The number of rotatable bonds is 6. The van der Waals surface area contributed by atoms with Gasteiger partial charge in [0, 0.05) is 20.2 Å². The molecule has 6 nitrogen and oxygen atoms in total. The standard InChI is InChI=1S/C10H14ClN5O/c1-17-6-5-16(4-2-3-12)10-8(13)9(11)14-7-15-10/h7H,2,4-6,13H2,1H3. The first-order chi connectivity index (χ1) is 8.20. The molecule has 0 unspecified atom stereocenters. The summed E-state index contributed by atoms with van der Waals surface area (Å²) >= 11 is 5.83. The number of nitrogens with zero attached hydrogens (tertiary/aromatic N) is 4. The van der Waals surface area contributed by atoms with E-state index in [1.165, 1.54) is 6.33 Å². The third-order valence-electron chi connectivity index (χ3n) is 2.17. The highest BCUT2D eigenvalue weighted by Crippen LogP contribution is 2.25. The molecule has 0 aliphatic rings. The van der Waals surface area contributed by atoms with E-state index in [2.05, 4.69) is 16.0 Å². The summed E-state index contributed by atoms with van der Waals surface area (Å²) in [5, 5.41) is 8.83. The van der Waals surface area contributed by atoms with Crippen LogP contribution in [0.3, 0.4) is 0 Å². The summed E-state index contributed by atoms with van der Waals surface area (Å²) in [5.74, 6) is 0.539. The lowest BCUT2D eigenvalue weighted by molar-refractivity contribution is 0.205. The van der Waals surface area contributed by atoms with Gasteiger partial charge in [0.25, 0.3) is 0 Å². The van der Waals surface area contributed by atoms with Gasteiger partial charge in [-0.15, -0.1) is 0 Å². The number of nitrogens with two attached hydrogens (primary N) is 1. The van der Waals surface area contributed by atoms with Crippen molar-refractivity contribution >= 4 is 23.1 Å². The molecular weight excluding hydrogens is 242 g/mol. The van der Waals surface area contributed by atoms with Crippen LogP contribution in [0, 0.1) is 11.3 Å². The molecule has 7 heteroatoms. The highest BCUT2D eigenvalue weighted by Gasteiger charge is 2.13. The Bertz CT molecular complexity index is 406. The predicted octanol–water partition coefficient (Wildman–Crippen LogP) is 1.08. The maximum absolute atomic E-state index is 8.61. The van der Waals surface area contributed by atoms with Crippen LogP contribution >= 0.6 is 11.6 Å². The zero-order valence-corrected chi connectivity index (χ0v) is 10.3. The summed E-state index contributed by atoms with van der Waals surface area (Å²) in [4.78, 5) is 9.73. The Hall–Kier alpha value is -1.58. The van der Waals surface area contributed by atoms with Gasteiger partial charge in [0.05, 0.1) is 19.1 Å². The summed E-state index contributed by atoms with van der Waals surface area (Å²) in [6, 6.07) is 2.08. The second-order valence-corrected chi connectivity index (χ2v) is 3.65. The Labute approximate surface area is 105 Å². The number of hydrogen-bond acceptors (Lipinski definition) is 6. The molecule has 0 fully saturated rings. The fourth-order valence-corrected chi connectivity index (χ4v) is 1.46. The van der Waals surface area contributed by atoms with E-state index >= 15 is 0 Å². The first-order valence-corrected chi connectivity index (χ1v) is 5.45. The molecular formula is C10H14ClN5O. The van der Waals surface area contributed by atoms with E-state index in [0.717, 1.165) is 0 Å². The molecule has 0 aromatic carbocycles. The van der Waals surface area contributed by atoms with E-state index in [4.69, 9.17) is 27.3 Å². The van der Waals surface area contributed by atoms with Gasteiger partial charge in [0.2, 0.25) is 0 Å². The maximum atomic E-state index is 8.61. The number of nitrogen functional groups attached to an aromatic ring is 1. The minimum atomic E-state index is 0.217. The number of methoxy groups -OCH3 is 1. The van der Waals surface area contributed by atoms with Crippen LogP contribution in [0.4, 0.5) is 11.5 Å². The van der Waals surface area contributed by atoms with Gasteiger partial charge >= 0.3 is 0 Å². The molecule has 0 saturated heterocycles. The van der Waals surface area contributed by atoms with Gasteiger partial charge in [0.15, 0.2) is 11.0 Å². The van der Waals surface area contributed by atoms with Gasteiger partial charge in [-0.05, 0) is 0 Å². The molecule has 0 atom stereocenters. The monoisotopic (exact) mass is 255 g/mol. The van der Waals surface area contributed by atoms with Crippen molar-refractivity contribution in [1.82, 2.24) is 9.97 Å². The van der Waals surface area contributed by atoms with Crippen LogP contribution in [0.5, 0.6) is 0 Å². The van der Waals surface area contributed by atoms with Crippen LogP contribution in [0.25, 0.3) is 0 Å². The molecule has 0 spiro atoms. The van der Waals surface area contributed by atoms with Crippen LogP contribution in [-0.2, 0) is 4.74 Å². The number of ether oxygens (including phenoxy) is 1. The van der Waals surface area contributed by atoms with Gasteiger partial charge in [0.1, 0.15) is 12.0 Å². The van der Waals surface area contributed by atoms with E-state index in [-0.39, 0.29) is 5.15 Å². The van der Waals surface area contributed by atoms with Crippen molar-refractivity contribution in [2.75, 3.05) is 37.4 Å². The lowest BCUT2D eigenvalue weighted by Crippen LogP contribution is -2.30. The summed E-state index contributed by atoms with van der Waals surface area (Å²) in [5.41, 5.74) is 6.13. The number of halogens is 1. The van der Waals surface area contributed by atoms with Crippen LogP contribution in [0.1, 0.15) is 6.42 Å². The van der Waals surface area contributed by atoms with E-state index in [1.807, 2.05) is 4.90 Å².